The van der Waals surface area contributed by atoms with E-state index in [0.717, 1.165) is 0 Å². The average molecular weight is 384 g/mol. The zero-order chi connectivity index (χ0) is 14.8. The summed E-state index contributed by atoms with van der Waals surface area (Å²) in [4.78, 5) is 8.58. The van der Waals surface area contributed by atoms with Gasteiger partial charge in [0, 0.05) is 0 Å². The quantitative estimate of drug-likeness (QED) is 0.618. The summed E-state index contributed by atoms with van der Waals surface area (Å²) in [6.07, 6.45) is 12.1. The second-order valence-corrected chi connectivity index (χ2v) is 19.2. The maximum absolute atomic E-state index is 5.67. The summed E-state index contributed by atoms with van der Waals surface area (Å²) >= 11 is -2.31. The van der Waals surface area contributed by atoms with E-state index in [-0.39, 0.29) is 0 Å². The molecule has 1 aromatic rings. The maximum atomic E-state index is 5.67. The Morgan fingerprint density at radius 1 is 0.850 bits per heavy atom. The minimum atomic E-state index is -2.31. The number of nitrogens with two attached hydrogens (primary N) is 1. The van der Waals surface area contributed by atoms with Crippen LogP contribution in [0.15, 0.2) is 12.4 Å². The van der Waals surface area contributed by atoms with Crippen molar-refractivity contribution in [2.75, 3.05) is 5.73 Å². The fourth-order valence-electron chi connectivity index (χ4n) is 2.97. The van der Waals surface area contributed by atoms with Crippen molar-refractivity contribution in [3.05, 3.63) is 12.4 Å². The van der Waals surface area contributed by atoms with Gasteiger partial charge in [0.05, 0.1) is 0 Å². The van der Waals surface area contributed by atoms with Crippen LogP contribution in [0.4, 0.5) is 5.95 Å². The molecule has 4 heteroatoms. The Balaban J connectivity index is 3.00. The van der Waals surface area contributed by atoms with Crippen LogP contribution >= 0.6 is 0 Å². The van der Waals surface area contributed by atoms with Crippen LogP contribution in [-0.4, -0.2) is 28.3 Å². The Morgan fingerprint density at radius 3 is 1.60 bits per heavy atom. The first-order valence-electron chi connectivity index (χ1n) is 8.26. The van der Waals surface area contributed by atoms with Crippen LogP contribution in [0.5, 0.6) is 0 Å². The van der Waals surface area contributed by atoms with E-state index >= 15 is 0 Å². The van der Waals surface area contributed by atoms with Crippen LogP contribution in [-0.2, 0) is 0 Å². The Labute approximate surface area is 128 Å². The van der Waals surface area contributed by atoms with Crippen molar-refractivity contribution in [1.29, 1.82) is 0 Å². The Morgan fingerprint density at radius 2 is 1.25 bits per heavy atom. The van der Waals surface area contributed by atoms with Crippen molar-refractivity contribution >= 4 is 27.9 Å². The van der Waals surface area contributed by atoms with Crippen molar-refractivity contribution in [2.24, 2.45) is 0 Å². The van der Waals surface area contributed by atoms with Crippen molar-refractivity contribution in [3.63, 3.8) is 0 Å². The van der Waals surface area contributed by atoms with E-state index in [9.17, 15) is 0 Å². The molecule has 0 fully saturated rings. The van der Waals surface area contributed by atoms with Gasteiger partial charge in [-0.05, 0) is 0 Å². The van der Waals surface area contributed by atoms with E-state index in [0.29, 0.717) is 5.95 Å². The molecule has 0 bridgehead atoms. The fourth-order valence-corrected chi connectivity index (χ4v) is 18.3. The second-order valence-electron chi connectivity index (χ2n) is 5.92. The van der Waals surface area contributed by atoms with Crippen molar-refractivity contribution in [3.8, 4) is 0 Å². The monoisotopic (exact) mass is 385 g/mol. The van der Waals surface area contributed by atoms with Gasteiger partial charge in [0.25, 0.3) is 0 Å². The van der Waals surface area contributed by atoms with Crippen LogP contribution in [0, 0.1) is 0 Å². The zero-order valence-electron chi connectivity index (χ0n) is 13.5. The van der Waals surface area contributed by atoms with E-state index in [2.05, 4.69) is 43.1 Å². The summed E-state index contributed by atoms with van der Waals surface area (Å²) in [5.41, 5.74) is 5.67. The van der Waals surface area contributed by atoms with E-state index in [1.54, 1.807) is 0 Å². The minimum absolute atomic E-state index is 0.412. The van der Waals surface area contributed by atoms with Crippen LogP contribution in [0.25, 0.3) is 0 Å². The van der Waals surface area contributed by atoms with Gasteiger partial charge < -0.3 is 0 Å². The van der Waals surface area contributed by atoms with Gasteiger partial charge in [-0.25, -0.2) is 0 Å². The first-order chi connectivity index (χ1) is 9.68. The van der Waals surface area contributed by atoms with Gasteiger partial charge in [-0.2, -0.15) is 0 Å². The molecular weight excluding hydrogens is 353 g/mol. The van der Waals surface area contributed by atoms with Gasteiger partial charge in [0.15, 0.2) is 0 Å². The molecule has 1 rings (SSSR count). The van der Waals surface area contributed by atoms with E-state index in [4.69, 9.17) is 5.73 Å². The molecule has 114 valence electrons. The van der Waals surface area contributed by atoms with Crippen molar-refractivity contribution in [2.45, 2.75) is 72.6 Å². The predicted octanol–water partition coefficient (Wildman–Crippen LogP) is 4.11. The SMILES string of the molecule is CCC[CH2][Sn]([CH2]CCC)([CH2]CCC)[c]1cnc(N)nc1. The summed E-state index contributed by atoms with van der Waals surface area (Å²) in [5.74, 6) is 0.412. The number of hydrogen-bond donors (Lipinski definition) is 1. The summed E-state index contributed by atoms with van der Waals surface area (Å²) in [6.45, 7) is 6.90. The molecule has 0 aliphatic rings. The van der Waals surface area contributed by atoms with Crippen LogP contribution in [0.3, 0.4) is 0 Å². The molecule has 0 aliphatic heterocycles. The Kier molecular flexibility index (Phi) is 8.50. The standard InChI is InChI=1S/C4H4N3.3C4H9.Sn/c5-4-6-2-1-3-7-4;3*1-3-4-2;/h2-3H,(H2,5,6,7);3*1,3-4H2,2H3;. The number of nitrogen functional groups attached to an aromatic ring is 1. The Hall–Kier alpha value is -0.321. The van der Waals surface area contributed by atoms with Crippen LogP contribution in [0.1, 0.15) is 59.3 Å². The van der Waals surface area contributed by atoms with Gasteiger partial charge in [0.1, 0.15) is 0 Å². The number of rotatable bonds is 10. The van der Waals surface area contributed by atoms with Crippen molar-refractivity contribution < 1.29 is 0 Å². The van der Waals surface area contributed by atoms with Gasteiger partial charge in [-0.15, -0.1) is 0 Å². The van der Waals surface area contributed by atoms with Crippen LogP contribution < -0.4 is 9.31 Å². The van der Waals surface area contributed by atoms with Gasteiger partial charge in [0.2, 0.25) is 0 Å². The summed E-state index contributed by atoms with van der Waals surface area (Å²) < 4.78 is 5.87. The molecule has 0 atom stereocenters. The summed E-state index contributed by atoms with van der Waals surface area (Å²) in [5, 5.41) is 0. The third-order valence-corrected chi connectivity index (χ3v) is 19.8. The normalized spacial score (nSPS) is 11.8. The molecule has 3 nitrogen and oxygen atoms in total. The van der Waals surface area contributed by atoms with Gasteiger partial charge in [-0.1, -0.05) is 0 Å². The van der Waals surface area contributed by atoms with Crippen LogP contribution in [0.2, 0.25) is 13.3 Å². The number of nitrogens with zero attached hydrogens (tertiary/aromatic N) is 2. The molecule has 1 heterocycles. The zero-order valence-corrected chi connectivity index (χ0v) is 16.3. The summed E-state index contributed by atoms with van der Waals surface area (Å²) in [6, 6.07) is 0. The molecular formula is C16H31N3Sn. The molecule has 0 aromatic carbocycles. The topological polar surface area (TPSA) is 51.8 Å². The number of aromatic nitrogens is 2. The first kappa shape index (κ1) is 17.7. The van der Waals surface area contributed by atoms with Gasteiger partial charge >= 0.3 is 129 Å². The summed E-state index contributed by atoms with van der Waals surface area (Å²) in [7, 11) is 0. The van der Waals surface area contributed by atoms with E-state index in [1.807, 2.05) is 0 Å². The molecule has 1 aromatic heterocycles. The second kappa shape index (κ2) is 9.59. The predicted molar refractivity (Wildman–Crippen MR) is 91.0 cm³/mol. The molecule has 0 radical (unpaired) electrons. The van der Waals surface area contributed by atoms with Gasteiger partial charge in [-0.3, -0.25) is 0 Å². The third kappa shape index (κ3) is 5.23. The van der Waals surface area contributed by atoms with Crippen molar-refractivity contribution in [1.82, 2.24) is 9.97 Å². The molecule has 0 spiro atoms. The number of unbranched alkanes of at least 4 members (excludes halogenated alkanes) is 3. The molecule has 0 saturated carbocycles. The first-order valence-corrected chi connectivity index (χ1v) is 15.7. The number of anilines is 1. The van der Waals surface area contributed by atoms with E-state index < -0.39 is 18.4 Å². The third-order valence-electron chi connectivity index (χ3n) is 4.31. The Bertz CT molecular complexity index is 343. The fraction of sp³-hybridized carbons (Fsp3) is 0.750. The number of hydrogen-bond acceptors (Lipinski definition) is 3. The molecule has 0 aliphatic carbocycles. The molecule has 20 heavy (non-hydrogen) atoms. The molecule has 0 saturated heterocycles. The molecule has 0 unspecified atom stereocenters. The average Bonchev–Trinajstić information content (AvgIpc) is 2.48. The molecule has 2 N–H and O–H groups in total. The molecule has 0 amide bonds. The van der Waals surface area contributed by atoms with E-state index in [1.165, 1.54) is 55.4 Å².